The number of nitrogens with one attached hydrogen (secondary N) is 1. The number of amidine groups is 1. The lowest BCUT2D eigenvalue weighted by molar-refractivity contribution is -0.131. The van der Waals surface area contributed by atoms with Gasteiger partial charge in [0.15, 0.2) is 0 Å². The van der Waals surface area contributed by atoms with Crippen LogP contribution in [0.15, 0.2) is 95.0 Å². The Morgan fingerprint density at radius 2 is 1.59 bits per heavy atom. The maximum Gasteiger partial charge on any atom is 0.323 e. The van der Waals surface area contributed by atoms with E-state index in [4.69, 9.17) is 4.74 Å². The van der Waals surface area contributed by atoms with Crippen molar-refractivity contribution in [3.63, 3.8) is 0 Å². The molecule has 2 amide bonds. The lowest BCUT2D eigenvalue weighted by Gasteiger charge is -2.30. The van der Waals surface area contributed by atoms with E-state index in [0.29, 0.717) is 16.7 Å². The first-order chi connectivity index (χ1) is 15.6. The minimum absolute atomic E-state index is 0.00777. The van der Waals surface area contributed by atoms with Crippen molar-refractivity contribution in [1.82, 2.24) is 10.3 Å². The summed E-state index contributed by atoms with van der Waals surface area (Å²) in [4.78, 5) is 30.7. The Morgan fingerprint density at radius 3 is 2.28 bits per heavy atom. The third-order valence-corrected chi connectivity index (χ3v) is 5.15. The highest BCUT2D eigenvalue weighted by Crippen LogP contribution is 2.31. The van der Waals surface area contributed by atoms with Crippen molar-refractivity contribution in [1.29, 1.82) is 0 Å². The van der Waals surface area contributed by atoms with Crippen molar-refractivity contribution < 1.29 is 18.7 Å². The SMILES string of the molecule is O=C(N[C@@H]1C(=O)N2N=C(c3ccccc3)OC2=N[C@@H]1c1ccc(F)cc1)c1ccccc1. The van der Waals surface area contributed by atoms with Crippen LogP contribution in [0.1, 0.15) is 27.5 Å². The molecule has 0 aliphatic carbocycles. The number of hydrogen-bond donors (Lipinski definition) is 1. The van der Waals surface area contributed by atoms with Gasteiger partial charge in [0.2, 0.25) is 5.90 Å². The predicted molar refractivity (Wildman–Crippen MR) is 115 cm³/mol. The van der Waals surface area contributed by atoms with Crippen LogP contribution in [-0.2, 0) is 9.53 Å². The highest BCUT2D eigenvalue weighted by Gasteiger charge is 2.45. The number of carbonyl (C=O) groups is 2. The number of amides is 2. The molecule has 0 saturated heterocycles. The maximum absolute atomic E-state index is 13.5. The van der Waals surface area contributed by atoms with Crippen LogP contribution in [0.4, 0.5) is 4.39 Å². The van der Waals surface area contributed by atoms with Crippen molar-refractivity contribution in [2.24, 2.45) is 10.1 Å². The second kappa shape index (κ2) is 8.07. The summed E-state index contributed by atoms with van der Waals surface area (Å²) in [5.74, 6) is -1.12. The highest BCUT2D eigenvalue weighted by molar-refractivity contribution is 6.12. The van der Waals surface area contributed by atoms with E-state index >= 15 is 0 Å². The minimum Gasteiger partial charge on any atom is -0.403 e. The minimum atomic E-state index is -1.06. The van der Waals surface area contributed by atoms with Gasteiger partial charge in [-0.15, -0.1) is 10.1 Å². The zero-order chi connectivity index (χ0) is 22.1. The molecule has 3 aromatic rings. The molecule has 0 fully saturated rings. The van der Waals surface area contributed by atoms with Gasteiger partial charge in [-0.25, -0.2) is 9.38 Å². The summed E-state index contributed by atoms with van der Waals surface area (Å²) >= 11 is 0. The monoisotopic (exact) mass is 428 g/mol. The number of carbonyl (C=O) groups excluding carboxylic acids is 2. The summed E-state index contributed by atoms with van der Waals surface area (Å²) in [6.07, 6.45) is 0. The Bertz CT molecular complexity index is 1230. The summed E-state index contributed by atoms with van der Waals surface area (Å²) in [5, 5.41) is 8.08. The van der Waals surface area contributed by atoms with Gasteiger partial charge in [-0.3, -0.25) is 9.59 Å². The van der Waals surface area contributed by atoms with E-state index < -0.39 is 29.7 Å². The predicted octanol–water partition coefficient (Wildman–Crippen LogP) is 3.26. The van der Waals surface area contributed by atoms with Crippen LogP contribution >= 0.6 is 0 Å². The number of fused-ring (bicyclic) bond motifs is 1. The molecule has 2 heterocycles. The van der Waals surface area contributed by atoms with Gasteiger partial charge < -0.3 is 10.1 Å². The Kier molecular flexibility index (Phi) is 4.95. The second-order valence-corrected chi connectivity index (χ2v) is 7.25. The van der Waals surface area contributed by atoms with E-state index in [9.17, 15) is 14.0 Å². The third-order valence-electron chi connectivity index (χ3n) is 5.15. The van der Waals surface area contributed by atoms with E-state index in [1.807, 2.05) is 18.2 Å². The van der Waals surface area contributed by atoms with Gasteiger partial charge in [0.1, 0.15) is 17.9 Å². The first-order valence-electron chi connectivity index (χ1n) is 9.95. The normalized spacial score (nSPS) is 19.5. The number of halogens is 1. The van der Waals surface area contributed by atoms with E-state index in [0.717, 1.165) is 5.01 Å². The van der Waals surface area contributed by atoms with E-state index in [-0.39, 0.29) is 11.9 Å². The summed E-state index contributed by atoms with van der Waals surface area (Å²) in [6.45, 7) is 0. The van der Waals surface area contributed by atoms with Gasteiger partial charge in [0.05, 0.1) is 0 Å². The molecule has 0 unspecified atom stereocenters. The quantitative estimate of drug-likeness (QED) is 0.693. The topological polar surface area (TPSA) is 83.4 Å². The van der Waals surface area contributed by atoms with Crippen LogP contribution in [0, 0.1) is 5.82 Å². The largest absolute Gasteiger partial charge is 0.403 e. The number of ether oxygens (including phenoxy) is 1. The highest BCUT2D eigenvalue weighted by atomic mass is 19.1. The molecule has 7 nitrogen and oxygen atoms in total. The number of rotatable bonds is 4. The first kappa shape index (κ1) is 19.6. The van der Waals surface area contributed by atoms with Gasteiger partial charge in [0.25, 0.3) is 11.8 Å². The van der Waals surface area contributed by atoms with Gasteiger partial charge in [0, 0.05) is 11.1 Å². The molecule has 2 aliphatic heterocycles. The molecule has 0 spiro atoms. The molecule has 3 aromatic carbocycles. The molecule has 8 heteroatoms. The zero-order valence-electron chi connectivity index (χ0n) is 16.7. The van der Waals surface area contributed by atoms with Gasteiger partial charge in [-0.05, 0) is 42.0 Å². The van der Waals surface area contributed by atoms with Crippen molar-refractivity contribution >= 4 is 23.7 Å². The van der Waals surface area contributed by atoms with Gasteiger partial charge in [-0.2, -0.15) is 0 Å². The lowest BCUT2D eigenvalue weighted by Crippen LogP contribution is -2.53. The smallest absolute Gasteiger partial charge is 0.323 e. The molecule has 0 aromatic heterocycles. The van der Waals surface area contributed by atoms with Crippen molar-refractivity contribution in [2.75, 3.05) is 0 Å². The zero-order valence-corrected chi connectivity index (χ0v) is 16.7. The van der Waals surface area contributed by atoms with Crippen LogP contribution in [-0.4, -0.2) is 34.8 Å². The molecular weight excluding hydrogens is 411 g/mol. The van der Waals surface area contributed by atoms with Crippen LogP contribution in [0.3, 0.4) is 0 Å². The molecule has 2 atom stereocenters. The molecule has 5 rings (SSSR count). The summed E-state index contributed by atoms with van der Waals surface area (Å²) < 4.78 is 19.2. The molecule has 32 heavy (non-hydrogen) atoms. The van der Waals surface area contributed by atoms with Crippen LogP contribution < -0.4 is 5.32 Å². The van der Waals surface area contributed by atoms with Crippen LogP contribution in [0.2, 0.25) is 0 Å². The average Bonchev–Trinajstić information content (AvgIpc) is 3.27. The standard InChI is InChI=1S/C24H17FN4O3/c25-18-13-11-15(12-14-18)19-20(26-21(30)16-7-3-1-4-8-16)23(31)29-24(27-19)32-22(28-29)17-9-5-2-6-10-17/h1-14,19-20H,(H,26,30)/t19-,20+/m1/s1. The van der Waals surface area contributed by atoms with Gasteiger partial charge >= 0.3 is 6.02 Å². The summed E-state index contributed by atoms with van der Waals surface area (Å²) in [7, 11) is 0. The first-order valence-corrected chi connectivity index (χ1v) is 9.95. The summed E-state index contributed by atoms with van der Waals surface area (Å²) in [5.41, 5.74) is 1.64. The summed E-state index contributed by atoms with van der Waals surface area (Å²) in [6, 6.07) is 21.4. The lowest BCUT2D eigenvalue weighted by atomic mass is 9.97. The Labute approximate surface area is 182 Å². The molecular formula is C24H17FN4O3. The average molecular weight is 428 g/mol. The maximum atomic E-state index is 13.5. The number of nitrogens with zero attached hydrogens (tertiary/aromatic N) is 3. The number of hydrazone groups is 1. The second-order valence-electron chi connectivity index (χ2n) is 7.25. The molecule has 0 bridgehead atoms. The Hall–Kier alpha value is -4.33. The van der Waals surface area contributed by atoms with E-state index in [1.54, 1.807) is 42.5 Å². The number of aliphatic imine (C=N–C) groups is 1. The van der Waals surface area contributed by atoms with Crippen molar-refractivity contribution in [3.8, 4) is 0 Å². The number of benzene rings is 3. The van der Waals surface area contributed by atoms with Crippen LogP contribution in [0.5, 0.6) is 0 Å². The Morgan fingerprint density at radius 1 is 0.938 bits per heavy atom. The van der Waals surface area contributed by atoms with Gasteiger partial charge in [-0.1, -0.05) is 48.5 Å². The van der Waals surface area contributed by atoms with E-state index in [2.05, 4.69) is 15.4 Å². The van der Waals surface area contributed by atoms with Crippen LogP contribution in [0.25, 0.3) is 0 Å². The Balaban J connectivity index is 1.51. The fourth-order valence-corrected chi connectivity index (χ4v) is 3.55. The third kappa shape index (κ3) is 3.62. The number of hydrogen-bond acceptors (Lipinski definition) is 5. The molecule has 1 N–H and O–H groups in total. The fraction of sp³-hybridized carbons (Fsp3) is 0.0833. The molecule has 0 radical (unpaired) electrons. The molecule has 158 valence electrons. The fourth-order valence-electron chi connectivity index (χ4n) is 3.55. The van der Waals surface area contributed by atoms with Crippen molar-refractivity contribution in [3.05, 3.63) is 107 Å². The molecule has 0 saturated carbocycles. The van der Waals surface area contributed by atoms with E-state index in [1.165, 1.54) is 24.3 Å². The van der Waals surface area contributed by atoms with Crippen molar-refractivity contribution in [2.45, 2.75) is 12.1 Å². The molecule has 2 aliphatic rings.